The average Bonchev–Trinajstić information content (AvgIpc) is 2.79. The van der Waals surface area contributed by atoms with E-state index in [4.69, 9.17) is 9.72 Å². The van der Waals surface area contributed by atoms with E-state index in [1.165, 1.54) is 10.6 Å². The Morgan fingerprint density at radius 1 is 1.33 bits per heavy atom. The Kier molecular flexibility index (Phi) is 6.26. The molecular formula is C14H26N2OS. The first-order valence-electron chi connectivity index (χ1n) is 6.86. The van der Waals surface area contributed by atoms with Crippen molar-refractivity contribution in [2.24, 2.45) is 0 Å². The number of ether oxygens (including phenoxy) is 1. The van der Waals surface area contributed by atoms with Crippen LogP contribution in [0.3, 0.4) is 0 Å². The highest BCUT2D eigenvalue weighted by atomic mass is 32.1. The average molecular weight is 270 g/mol. The van der Waals surface area contributed by atoms with Crippen molar-refractivity contribution in [2.75, 3.05) is 13.7 Å². The van der Waals surface area contributed by atoms with Crippen LogP contribution in [-0.4, -0.2) is 18.6 Å². The highest BCUT2D eigenvalue weighted by Crippen LogP contribution is 2.33. The van der Waals surface area contributed by atoms with Crippen molar-refractivity contribution in [1.29, 1.82) is 0 Å². The van der Waals surface area contributed by atoms with Gasteiger partial charge in [-0.15, -0.1) is 11.3 Å². The maximum Gasteiger partial charge on any atom is 0.125 e. The first-order valence-corrected chi connectivity index (χ1v) is 7.67. The predicted octanol–water partition coefficient (Wildman–Crippen LogP) is 3.48. The number of methoxy groups -OCH3 is 1. The zero-order valence-corrected chi connectivity index (χ0v) is 13.1. The van der Waals surface area contributed by atoms with E-state index < -0.39 is 0 Å². The largest absolute Gasteiger partial charge is 0.371 e. The fourth-order valence-electron chi connectivity index (χ4n) is 1.80. The molecule has 0 fully saturated rings. The third-order valence-electron chi connectivity index (χ3n) is 3.38. The molecule has 18 heavy (non-hydrogen) atoms. The SMILES string of the molecule is CCCc1nc(C(C)(CC)OC)sc1CNCC. The molecule has 0 spiro atoms. The second kappa shape index (κ2) is 7.22. The Morgan fingerprint density at radius 3 is 2.56 bits per heavy atom. The summed E-state index contributed by atoms with van der Waals surface area (Å²) >= 11 is 1.80. The van der Waals surface area contributed by atoms with Crippen LogP contribution in [0.15, 0.2) is 0 Å². The van der Waals surface area contributed by atoms with Gasteiger partial charge in [-0.05, 0) is 26.3 Å². The summed E-state index contributed by atoms with van der Waals surface area (Å²) in [5, 5.41) is 4.51. The summed E-state index contributed by atoms with van der Waals surface area (Å²) in [6.07, 6.45) is 3.14. The maximum absolute atomic E-state index is 5.65. The number of hydrogen-bond donors (Lipinski definition) is 1. The van der Waals surface area contributed by atoms with Crippen molar-refractivity contribution in [3.63, 3.8) is 0 Å². The second-order valence-corrected chi connectivity index (χ2v) is 5.79. The molecule has 0 radical (unpaired) electrons. The molecule has 0 bridgehead atoms. The highest BCUT2D eigenvalue weighted by molar-refractivity contribution is 7.11. The molecular weight excluding hydrogens is 244 g/mol. The van der Waals surface area contributed by atoms with Crippen LogP contribution in [0.1, 0.15) is 56.1 Å². The summed E-state index contributed by atoms with van der Waals surface area (Å²) in [6.45, 7) is 10.5. The lowest BCUT2D eigenvalue weighted by molar-refractivity contribution is -0.00166. The lowest BCUT2D eigenvalue weighted by Gasteiger charge is -2.23. The van der Waals surface area contributed by atoms with Crippen LogP contribution in [0.25, 0.3) is 0 Å². The van der Waals surface area contributed by atoms with Gasteiger partial charge in [-0.2, -0.15) is 0 Å². The Balaban J connectivity index is 3.00. The van der Waals surface area contributed by atoms with E-state index in [2.05, 4.69) is 33.0 Å². The lowest BCUT2D eigenvalue weighted by Crippen LogP contribution is -2.22. The Bertz CT molecular complexity index is 359. The molecule has 0 saturated heterocycles. The van der Waals surface area contributed by atoms with Crippen LogP contribution < -0.4 is 5.32 Å². The highest BCUT2D eigenvalue weighted by Gasteiger charge is 2.29. The van der Waals surface area contributed by atoms with E-state index in [0.29, 0.717) is 0 Å². The molecule has 1 N–H and O–H groups in total. The number of aromatic nitrogens is 1. The molecule has 1 aromatic heterocycles. The Morgan fingerprint density at radius 2 is 2.06 bits per heavy atom. The Labute approximate surface area is 115 Å². The fourth-order valence-corrected chi connectivity index (χ4v) is 3.07. The van der Waals surface area contributed by atoms with Gasteiger partial charge in [-0.1, -0.05) is 27.2 Å². The molecule has 1 heterocycles. The van der Waals surface area contributed by atoms with Gasteiger partial charge >= 0.3 is 0 Å². The summed E-state index contributed by atoms with van der Waals surface area (Å²) in [4.78, 5) is 6.19. The molecule has 1 atom stereocenters. The van der Waals surface area contributed by atoms with E-state index in [1.807, 2.05) is 0 Å². The van der Waals surface area contributed by atoms with E-state index in [9.17, 15) is 0 Å². The molecule has 0 aromatic carbocycles. The van der Waals surface area contributed by atoms with Gasteiger partial charge in [0.05, 0.1) is 5.69 Å². The number of rotatable bonds is 8. The number of nitrogens with one attached hydrogen (secondary N) is 1. The topological polar surface area (TPSA) is 34.1 Å². The van der Waals surface area contributed by atoms with E-state index in [1.54, 1.807) is 18.4 Å². The predicted molar refractivity (Wildman–Crippen MR) is 78.1 cm³/mol. The van der Waals surface area contributed by atoms with Crippen LogP contribution in [0.5, 0.6) is 0 Å². The fraction of sp³-hybridized carbons (Fsp3) is 0.786. The molecule has 0 aliphatic heterocycles. The molecule has 3 nitrogen and oxygen atoms in total. The molecule has 0 aliphatic rings. The zero-order valence-electron chi connectivity index (χ0n) is 12.3. The van der Waals surface area contributed by atoms with Gasteiger partial charge in [0.25, 0.3) is 0 Å². The molecule has 1 aromatic rings. The van der Waals surface area contributed by atoms with Crippen LogP contribution in [-0.2, 0) is 23.3 Å². The summed E-state index contributed by atoms with van der Waals surface area (Å²) in [7, 11) is 1.77. The standard InChI is InChI=1S/C14H26N2OS/c1-6-9-11-12(10-15-8-3)18-13(16-11)14(4,7-2)17-5/h15H,6-10H2,1-5H3. The number of nitrogens with zero attached hydrogens (tertiary/aromatic N) is 1. The van der Waals surface area contributed by atoms with Crippen molar-refractivity contribution < 1.29 is 4.74 Å². The van der Waals surface area contributed by atoms with Crippen LogP contribution in [0, 0.1) is 0 Å². The molecule has 1 unspecified atom stereocenters. The molecule has 0 aliphatic carbocycles. The lowest BCUT2D eigenvalue weighted by atomic mass is 10.0. The third-order valence-corrected chi connectivity index (χ3v) is 4.72. The van der Waals surface area contributed by atoms with E-state index in [0.717, 1.165) is 37.4 Å². The van der Waals surface area contributed by atoms with E-state index in [-0.39, 0.29) is 5.60 Å². The number of aryl methyl sites for hydroxylation is 1. The molecule has 0 saturated carbocycles. The third kappa shape index (κ3) is 3.53. The first-order chi connectivity index (χ1) is 8.61. The number of thiazole rings is 1. The van der Waals surface area contributed by atoms with Crippen molar-refractivity contribution in [1.82, 2.24) is 10.3 Å². The van der Waals surface area contributed by atoms with Crippen LogP contribution in [0.4, 0.5) is 0 Å². The van der Waals surface area contributed by atoms with Gasteiger partial charge in [0.1, 0.15) is 10.6 Å². The van der Waals surface area contributed by atoms with Crippen LogP contribution >= 0.6 is 11.3 Å². The minimum atomic E-state index is -0.238. The molecule has 1 rings (SSSR count). The summed E-state index contributed by atoms with van der Waals surface area (Å²) in [5.41, 5.74) is 1.01. The van der Waals surface area contributed by atoms with Crippen LogP contribution in [0.2, 0.25) is 0 Å². The monoisotopic (exact) mass is 270 g/mol. The normalized spacial score (nSPS) is 14.7. The van der Waals surface area contributed by atoms with Gasteiger partial charge in [-0.3, -0.25) is 0 Å². The van der Waals surface area contributed by atoms with Gasteiger partial charge in [-0.25, -0.2) is 4.98 Å². The van der Waals surface area contributed by atoms with E-state index >= 15 is 0 Å². The minimum Gasteiger partial charge on any atom is -0.371 e. The summed E-state index contributed by atoms with van der Waals surface area (Å²) < 4.78 is 5.65. The Hall–Kier alpha value is -0.450. The quantitative estimate of drug-likeness (QED) is 0.785. The van der Waals surface area contributed by atoms with Crippen molar-refractivity contribution >= 4 is 11.3 Å². The van der Waals surface area contributed by atoms with Gasteiger partial charge < -0.3 is 10.1 Å². The van der Waals surface area contributed by atoms with Crippen molar-refractivity contribution in [2.45, 2.75) is 59.1 Å². The maximum atomic E-state index is 5.65. The minimum absolute atomic E-state index is 0.238. The first kappa shape index (κ1) is 15.6. The zero-order chi connectivity index (χ0) is 13.6. The summed E-state index contributed by atoms with van der Waals surface area (Å²) in [6, 6.07) is 0. The number of hydrogen-bond acceptors (Lipinski definition) is 4. The molecule has 104 valence electrons. The molecule has 4 heteroatoms. The van der Waals surface area contributed by atoms with Gasteiger partial charge in [0.2, 0.25) is 0 Å². The van der Waals surface area contributed by atoms with Crippen molar-refractivity contribution in [3.8, 4) is 0 Å². The smallest absolute Gasteiger partial charge is 0.125 e. The summed E-state index contributed by atoms with van der Waals surface area (Å²) in [5.74, 6) is 0. The van der Waals surface area contributed by atoms with Crippen molar-refractivity contribution in [3.05, 3.63) is 15.6 Å². The van der Waals surface area contributed by atoms with Gasteiger partial charge in [0, 0.05) is 18.5 Å². The molecule has 0 amide bonds. The van der Waals surface area contributed by atoms with Gasteiger partial charge in [0.15, 0.2) is 0 Å². The second-order valence-electron chi connectivity index (χ2n) is 4.71.